The van der Waals surface area contributed by atoms with Crippen molar-refractivity contribution in [1.29, 1.82) is 0 Å². The number of nitrogens with two attached hydrogens (primary N) is 1. The van der Waals surface area contributed by atoms with Crippen LogP contribution in [0.1, 0.15) is 0 Å². The molecule has 0 spiro atoms. The molecule has 4 nitrogen and oxygen atoms in total. The van der Waals surface area contributed by atoms with Crippen molar-refractivity contribution in [3.05, 3.63) is 10.8 Å². The van der Waals surface area contributed by atoms with Gasteiger partial charge in [-0.1, -0.05) is 0 Å². The third-order valence-corrected chi connectivity index (χ3v) is 2.38. The van der Waals surface area contributed by atoms with Crippen LogP contribution in [0.2, 0.25) is 0 Å². The van der Waals surface area contributed by atoms with Crippen LogP contribution >= 0.6 is 15.9 Å². The second-order valence-electron chi connectivity index (χ2n) is 2.66. The normalized spacial score (nSPS) is 22.5. The van der Waals surface area contributed by atoms with Gasteiger partial charge in [0, 0.05) is 19.1 Å². The summed E-state index contributed by atoms with van der Waals surface area (Å²) in [5.74, 6) is 0.901. The SMILES string of the molecule is NC1CNc2ncc(Br)n2C1. The van der Waals surface area contributed by atoms with E-state index in [1.165, 1.54) is 0 Å². The van der Waals surface area contributed by atoms with Gasteiger partial charge in [0.25, 0.3) is 0 Å². The van der Waals surface area contributed by atoms with E-state index in [1.54, 1.807) is 6.20 Å². The van der Waals surface area contributed by atoms with E-state index in [2.05, 4.69) is 26.2 Å². The van der Waals surface area contributed by atoms with Gasteiger partial charge in [0.05, 0.1) is 6.20 Å². The van der Waals surface area contributed by atoms with Gasteiger partial charge in [0.15, 0.2) is 0 Å². The summed E-state index contributed by atoms with van der Waals surface area (Å²) in [5, 5.41) is 3.13. The first kappa shape index (κ1) is 7.12. The summed E-state index contributed by atoms with van der Waals surface area (Å²) in [7, 11) is 0. The Kier molecular flexibility index (Phi) is 1.61. The van der Waals surface area contributed by atoms with Crippen LogP contribution in [0.4, 0.5) is 5.95 Å². The molecular weight excluding hydrogens is 208 g/mol. The fourth-order valence-corrected chi connectivity index (χ4v) is 1.61. The van der Waals surface area contributed by atoms with Crippen LogP contribution in [-0.2, 0) is 6.54 Å². The minimum Gasteiger partial charge on any atom is -0.354 e. The Morgan fingerprint density at radius 2 is 2.64 bits per heavy atom. The Morgan fingerprint density at radius 1 is 1.82 bits per heavy atom. The first-order chi connectivity index (χ1) is 5.27. The molecule has 1 unspecified atom stereocenters. The van der Waals surface area contributed by atoms with Crippen LogP contribution in [-0.4, -0.2) is 22.1 Å². The maximum absolute atomic E-state index is 5.75. The Balaban J connectivity index is 2.37. The molecular formula is C6H9BrN4. The smallest absolute Gasteiger partial charge is 0.203 e. The van der Waals surface area contributed by atoms with Crippen LogP contribution in [0.25, 0.3) is 0 Å². The third kappa shape index (κ3) is 1.14. The molecule has 1 aromatic heterocycles. The Hall–Kier alpha value is -0.550. The standard InChI is InChI=1S/C6H9BrN4/c7-5-2-10-6-9-1-4(8)3-11(5)6/h2,4H,1,3,8H2,(H,9,10). The molecule has 2 rings (SSSR count). The molecule has 1 aliphatic rings. The monoisotopic (exact) mass is 216 g/mol. The summed E-state index contributed by atoms with van der Waals surface area (Å²) in [6.07, 6.45) is 1.78. The Morgan fingerprint density at radius 3 is 3.45 bits per heavy atom. The lowest BCUT2D eigenvalue weighted by Crippen LogP contribution is -2.38. The van der Waals surface area contributed by atoms with Gasteiger partial charge < -0.3 is 15.6 Å². The highest BCUT2D eigenvalue weighted by Crippen LogP contribution is 2.19. The van der Waals surface area contributed by atoms with Crippen molar-refractivity contribution in [2.45, 2.75) is 12.6 Å². The highest BCUT2D eigenvalue weighted by atomic mass is 79.9. The lowest BCUT2D eigenvalue weighted by Gasteiger charge is -2.22. The topological polar surface area (TPSA) is 55.9 Å². The average Bonchev–Trinajstić information content (AvgIpc) is 2.33. The highest BCUT2D eigenvalue weighted by Gasteiger charge is 2.16. The van der Waals surface area contributed by atoms with Gasteiger partial charge in [0.2, 0.25) is 5.95 Å². The predicted octanol–water partition coefficient (Wildman–Crippen LogP) is 0.398. The molecule has 0 aliphatic carbocycles. The summed E-state index contributed by atoms with van der Waals surface area (Å²) in [6, 6.07) is 0.188. The zero-order valence-electron chi connectivity index (χ0n) is 5.92. The summed E-state index contributed by atoms with van der Waals surface area (Å²) < 4.78 is 3.00. The first-order valence-corrected chi connectivity index (χ1v) is 4.27. The summed E-state index contributed by atoms with van der Waals surface area (Å²) >= 11 is 3.38. The largest absolute Gasteiger partial charge is 0.354 e. The number of rotatable bonds is 0. The van der Waals surface area contributed by atoms with Gasteiger partial charge in [-0.15, -0.1) is 0 Å². The molecule has 2 heterocycles. The number of fused-ring (bicyclic) bond motifs is 1. The van der Waals surface area contributed by atoms with Crippen molar-refractivity contribution >= 4 is 21.9 Å². The third-order valence-electron chi connectivity index (χ3n) is 1.75. The molecule has 0 radical (unpaired) electrons. The number of hydrogen-bond acceptors (Lipinski definition) is 3. The van der Waals surface area contributed by atoms with E-state index in [-0.39, 0.29) is 6.04 Å². The summed E-state index contributed by atoms with van der Waals surface area (Å²) in [6.45, 7) is 1.65. The molecule has 5 heteroatoms. The molecule has 1 aliphatic heterocycles. The van der Waals surface area contributed by atoms with Gasteiger partial charge in [-0.25, -0.2) is 4.98 Å². The van der Waals surface area contributed by atoms with Crippen molar-refractivity contribution in [2.24, 2.45) is 5.73 Å². The molecule has 1 aromatic rings. The number of imidazole rings is 1. The van der Waals surface area contributed by atoms with Crippen LogP contribution in [0.3, 0.4) is 0 Å². The van der Waals surface area contributed by atoms with Crippen LogP contribution in [0.15, 0.2) is 10.8 Å². The molecule has 0 amide bonds. The van der Waals surface area contributed by atoms with Crippen molar-refractivity contribution in [1.82, 2.24) is 9.55 Å². The molecule has 0 bridgehead atoms. The maximum Gasteiger partial charge on any atom is 0.203 e. The minimum absolute atomic E-state index is 0.188. The maximum atomic E-state index is 5.75. The quantitative estimate of drug-likeness (QED) is 0.661. The Bertz CT molecular complexity index is 270. The lowest BCUT2D eigenvalue weighted by molar-refractivity contribution is 0.536. The van der Waals surface area contributed by atoms with Crippen molar-refractivity contribution in [2.75, 3.05) is 11.9 Å². The van der Waals surface area contributed by atoms with E-state index in [0.29, 0.717) is 0 Å². The fourth-order valence-electron chi connectivity index (χ4n) is 1.19. The van der Waals surface area contributed by atoms with Gasteiger partial charge >= 0.3 is 0 Å². The van der Waals surface area contributed by atoms with Crippen molar-refractivity contribution in [3.63, 3.8) is 0 Å². The molecule has 1 atom stereocenters. The van der Waals surface area contributed by atoms with Crippen LogP contribution < -0.4 is 11.1 Å². The van der Waals surface area contributed by atoms with E-state index in [0.717, 1.165) is 23.6 Å². The van der Waals surface area contributed by atoms with Crippen LogP contribution in [0, 0.1) is 0 Å². The second-order valence-corrected chi connectivity index (χ2v) is 3.47. The number of nitrogens with zero attached hydrogens (tertiary/aromatic N) is 2. The lowest BCUT2D eigenvalue weighted by atomic mass is 10.3. The van der Waals surface area contributed by atoms with E-state index in [1.807, 2.05) is 4.57 Å². The number of anilines is 1. The molecule has 3 N–H and O–H groups in total. The van der Waals surface area contributed by atoms with Gasteiger partial charge in [-0.05, 0) is 15.9 Å². The van der Waals surface area contributed by atoms with Crippen LogP contribution in [0.5, 0.6) is 0 Å². The molecule has 0 fully saturated rings. The average molecular weight is 217 g/mol. The zero-order valence-corrected chi connectivity index (χ0v) is 7.50. The van der Waals surface area contributed by atoms with Gasteiger partial charge in [-0.3, -0.25) is 0 Å². The first-order valence-electron chi connectivity index (χ1n) is 3.48. The zero-order chi connectivity index (χ0) is 7.84. The van der Waals surface area contributed by atoms with Crippen molar-refractivity contribution < 1.29 is 0 Å². The highest BCUT2D eigenvalue weighted by molar-refractivity contribution is 9.10. The van der Waals surface area contributed by atoms with E-state index in [9.17, 15) is 0 Å². The molecule has 0 saturated heterocycles. The van der Waals surface area contributed by atoms with Crippen molar-refractivity contribution in [3.8, 4) is 0 Å². The number of nitrogens with one attached hydrogen (secondary N) is 1. The fraction of sp³-hybridized carbons (Fsp3) is 0.500. The minimum atomic E-state index is 0.188. The molecule has 11 heavy (non-hydrogen) atoms. The number of hydrogen-bond donors (Lipinski definition) is 2. The number of aromatic nitrogens is 2. The number of halogens is 1. The Labute approximate surface area is 72.9 Å². The predicted molar refractivity (Wildman–Crippen MR) is 46.4 cm³/mol. The van der Waals surface area contributed by atoms with Gasteiger partial charge in [0.1, 0.15) is 4.60 Å². The molecule has 0 saturated carbocycles. The van der Waals surface area contributed by atoms with E-state index in [4.69, 9.17) is 5.73 Å². The molecule has 60 valence electrons. The second kappa shape index (κ2) is 2.49. The van der Waals surface area contributed by atoms with Gasteiger partial charge in [-0.2, -0.15) is 0 Å². The summed E-state index contributed by atoms with van der Waals surface area (Å²) in [4.78, 5) is 4.14. The van der Waals surface area contributed by atoms with E-state index < -0.39 is 0 Å². The van der Waals surface area contributed by atoms with E-state index >= 15 is 0 Å². The summed E-state index contributed by atoms with van der Waals surface area (Å²) in [5.41, 5.74) is 5.75. The molecule has 0 aromatic carbocycles.